The summed E-state index contributed by atoms with van der Waals surface area (Å²) in [6.45, 7) is 0. The van der Waals surface area contributed by atoms with E-state index < -0.39 is 5.97 Å². The van der Waals surface area contributed by atoms with Gasteiger partial charge in [0.05, 0.1) is 28.5 Å². The fourth-order valence-electron chi connectivity index (χ4n) is 6.02. The van der Waals surface area contributed by atoms with E-state index in [9.17, 15) is 14.4 Å². The maximum absolute atomic E-state index is 13.3. The number of nitrogens with two attached hydrogens (primary N) is 1. The number of ether oxygens (including phenoxy) is 2. The molecule has 34 heavy (non-hydrogen) atoms. The van der Waals surface area contributed by atoms with Crippen LogP contribution < -0.4 is 11.1 Å². The number of hydrogen-bond acceptors (Lipinski definition) is 7. The van der Waals surface area contributed by atoms with Crippen LogP contribution in [-0.2, 0) is 9.47 Å². The first-order valence-corrected chi connectivity index (χ1v) is 12.0. The molecule has 2 aromatic carbocycles. The van der Waals surface area contributed by atoms with Crippen LogP contribution in [0.25, 0.3) is 0 Å². The maximum atomic E-state index is 13.3. The zero-order valence-electron chi connectivity index (χ0n) is 19.6. The highest BCUT2D eigenvalue weighted by Crippen LogP contribution is 2.43. The lowest BCUT2D eigenvalue weighted by Gasteiger charge is -2.41. The number of ketones is 2. The van der Waals surface area contributed by atoms with Crippen molar-refractivity contribution < 1.29 is 23.9 Å². The van der Waals surface area contributed by atoms with E-state index in [1.807, 2.05) is 0 Å². The van der Waals surface area contributed by atoms with Crippen LogP contribution in [0.1, 0.15) is 80.7 Å². The number of esters is 1. The van der Waals surface area contributed by atoms with Crippen molar-refractivity contribution in [3.63, 3.8) is 0 Å². The summed E-state index contributed by atoms with van der Waals surface area (Å²) in [5.74, 6) is -0.0511. The summed E-state index contributed by atoms with van der Waals surface area (Å²) in [5, 5.41) is 2.96. The summed E-state index contributed by atoms with van der Waals surface area (Å²) in [7, 11) is 3.43. The van der Waals surface area contributed by atoms with Crippen LogP contribution >= 0.6 is 0 Å². The van der Waals surface area contributed by atoms with Gasteiger partial charge in [0.25, 0.3) is 0 Å². The summed E-state index contributed by atoms with van der Waals surface area (Å²) in [6.07, 6.45) is 5.99. The normalized spacial score (nSPS) is 25.7. The van der Waals surface area contributed by atoms with Crippen LogP contribution in [0.15, 0.2) is 30.3 Å². The van der Waals surface area contributed by atoms with Crippen LogP contribution in [0.4, 0.5) is 11.4 Å². The van der Waals surface area contributed by atoms with Gasteiger partial charge in [-0.3, -0.25) is 9.59 Å². The third kappa shape index (κ3) is 3.68. The number of nitrogen functional groups attached to an aromatic ring is 1. The minimum absolute atomic E-state index is 0.00106. The van der Waals surface area contributed by atoms with E-state index >= 15 is 0 Å². The molecule has 2 fully saturated rings. The Kier molecular flexibility index (Phi) is 5.90. The Balaban J connectivity index is 1.41. The van der Waals surface area contributed by atoms with Gasteiger partial charge in [0.1, 0.15) is 6.10 Å². The summed E-state index contributed by atoms with van der Waals surface area (Å²) >= 11 is 0. The number of fused-ring (bicyclic) bond motifs is 3. The van der Waals surface area contributed by atoms with E-state index in [0.29, 0.717) is 34.8 Å². The smallest absolute Gasteiger partial charge is 0.340 e. The molecule has 0 saturated heterocycles. The molecule has 2 unspecified atom stereocenters. The lowest BCUT2D eigenvalue weighted by molar-refractivity contribution is -0.0274. The third-order valence-electron chi connectivity index (χ3n) is 7.85. The van der Waals surface area contributed by atoms with Crippen molar-refractivity contribution in [2.24, 2.45) is 11.8 Å². The van der Waals surface area contributed by atoms with Crippen molar-refractivity contribution in [2.75, 3.05) is 25.2 Å². The number of methoxy groups -OCH3 is 1. The van der Waals surface area contributed by atoms with Gasteiger partial charge in [0.15, 0.2) is 11.6 Å². The van der Waals surface area contributed by atoms with E-state index in [4.69, 9.17) is 15.2 Å². The van der Waals surface area contributed by atoms with Gasteiger partial charge in [-0.25, -0.2) is 4.79 Å². The zero-order valence-corrected chi connectivity index (χ0v) is 19.6. The number of anilines is 2. The molecular weight excluding hydrogens is 432 g/mol. The average molecular weight is 463 g/mol. The molecule has 4 atom stereocenters. The Labute approximate surface area is 199 Å². The highest BCUT2D eigenvalue weighted by molar-refractivity contribution is 6.32. The molecule has 2 aromatic rings. The van der Waals surface area contributed by atoms with E-state index in [1.54, 1.807) is 38.4 Å². The molecule has 0 spiro atoms. The molecule has 0 radical (unpaired) electrons. The maximum Gasteiger partial charge on any atom is 0.340 e. The van der Waals surface area contributed by atoms with Crippen LogP contribution in [0.5, 0.6) is 0 Å². The molecule has 0 bridgehead atoms. The van der Waals surface area contributed by atoms with Gasteiger partial charge in [0, 0.05) is 31.0 Å². The van der Waals surface area contributed by atoms with Gasteiger partial charge < -0.3 is 20.5 Å². The van der Waals surface area contributed by atoms with E-state index in [0.717, 1.165) is 38.5 Å². The molecule has 3 aliphatic rings. The predicted octanol–water partition coefficient (Wildman–Crippen LogP) is 4.23. The third-order valence-corrected chi connectivity index (χ3v) is 7.85. The minimum atomic E-state index is -0.551. The SMILES string of the molecule is CNc1cc(C(=O)O[C@@H]2CC[C@@H]3CC(OC)CCC3C2)c(N)c2c1C(=O)c1ccccc1C2=O. The van der Waals surface area contributed by atoms with Gasteiger partial charge in [0.2, 0.25) is 0 Å². The Morgan fingerprint density at radius 2 is 1.53 bits per heavy atom. The molecule has 5 rings (SSSR count). The minimum Gasteiger partial charge on any atom is -0.459 e. The summed E-state index contributed by atoms with van der Waals surface area (Å²) in [4.78, 5) is 39.7. The Hall–Kier alpha value is -3.19. The van der Waals surface area contributed by atoms with Crippen LogP contribution in [0.2, 0.25) is 0 Å². The number of rotatable bonds is 4. The largest absolute Gasteiger partial charge is 0.459 e. The predicted molar refractivity (Wildman–Crippen MR) is 128 cm³/mol. The Morgan fingerprint density at radius 3 is 2.15 bits per heavy atom. The molecule has 7 heteroatoms. The van der Waals surface area contributed by atoms with Crippen LogP contribution in [0, 0.1) is 11.8 Å². The average Bonchev–Trinajstić information content (AvgIpc) is 2.86. The van der Waals surface area contributed by atoms with Crippen molar-refractivity contribution in [3.8, 4) is 0 Å². The molecule has 178 valence electrons. The van der Waals surface area contributed by atoms with E-state index in [-0.39, 0.29) is 40.0 Å². The second-order valence-corrected chi connectivity index (χ2v) is 9.62. The van der Waals surface area contributed by atoms with Crippen molar-refractivity contribution in [3.05, 3.63) is 58.1 Å². The number of benzene rings is 2. The van der Waals surface area contributed by atoms with E-state index in [2.05, 4.69) is 5.32 Å². The molecule has 7 nitrogen and oxygen atoms in total. The van der Waals surface area contributed by atoms with Gasteiger partial charge in [-0.05, 0) is 56.4 Å². The van der Waals surface area contributed by atoms with Gasteiger partial charge in [-0.15, -0.1) is 0 Å². The fourth-order valence-corrected chi connectivity index (χ4v) is 6.02. The molecular formula is C27H30N2O5. The van der Waals surface area contributed by atoms with Crippen molar-refractivity contribution >= 4 is 28.9 Å². The summed E-state index contributed by atoms with van der Waals surface area (Å²) in [5.41, 5.74) is 7.79. The second-order valence-electron chi connectivity index (χ2n) is 9.62. The monoisotopic (exact) mass is 462 g/mol. The molecule has 0 amide bonds. The topological polar surface area (TPSA) is 108 Å². The first-order valence-electron chi connectivity index (χ1n) is 12.0. The molecule has 0 heterocycles. The van der Waals surface area contributed by atoms with E-state index in [1.165, 1.54) is 6.07 Å². The zero-order chi connectivity index (χ0) is 24.0. The van der Waals surface area contributed by atoms with Gasteiger partial charge >= 0.3 is 5.97 Å². The first kappa shape index (κ1) is 22.6. The van der Waals surface area contributed by atoms with Crippen molar-refractivity contribution in [1.82, 2.24) is 0 Å². The highest BCUT2D eigenvalue weighted by atomic mass is 16.5. The number of carbonyl (C=O) groups is 3. The quantitative estimate of drug-likeness (QED) is 0.441. The van der Waals surface area contributed by atoms with Crippen molar-refractivity contribution in [2.45, 2.75) is 50.7 Å². The summed E-state index contributed by atoms with van der Waals surface area (Å²) in [6, 6.07) is 8.20. The molecule has 0 aromatic heterocycles. The number of nitrogens with one attached hydrogen (secondary N) is 1. The lowest BCUT2D eigenvalue weighted by atomic mass is 9.69. The van der Waals surface area contributed by atoms with Gasteiger partial charge in [-0.2, -0.15) is 0 Å². The molecule has 2 saturated carbocycles. The van der Waals surface area contributed by atoms with Gasteiger partial charge in [-0.1, -0.05) is 24.3 Å². The summed E-state index contributed by atoms with van der Waals surface area (Å²) < 4.78 is 11.5. The lowest BCUT2D eigenvalue weighted by Crippen LogP contribution is -2.37. The number of carbonyl (C=O) groups excluding carboxylic acids is 3. The van der Waals surface area contributed by atoms with Crippen LogP contribution in [0.3, 0.4) is 0 Å². The molecule has 3 N–H and O–H groups in total. The number of hydrogen-bond donors (Lipinski definition) is 2. The Morgan fingerprint density at radius 1 is 0.941 bits per heavy atom. The van der Waals surface area contributed by atoms with Crippen LogP contribution in [-0.4, -0.2) is 43.9 Å². The molecule has 3 aliphatic carbocycles. The first-order chi connectivity index (χ1) is 16.4. The fraction of sp³-hybridized carbons (Fsp3) is 0.444. The Bertz CT molecular complexity index is 1170. The van der Waals surface area contributed by atoms with Crippen molar-refractivity contribution in [1.29, 1.82) is 0 Å². The molecule has 0 aliphatic heterocycles. The standard InChI is InChI=1S/C27H30N2O5/c1-29-21-13-20(24(28)23-22(21)25(30)18-5-3-4-6-19(18)26(23)31)27(32)34-17-10-8-14-11-16(33-2)9-7-15(14)12-17/h3-6,13-17,29H,7-12,28H2,1-2H3/t14-,15?,16?,17-/m1/s1. The second kappa shape index (κ2) is 8.87. The highest BCUT2D eigenvalue weighted by Gasteiger charge is 2.39.